The van der Waals surface area contributed by atoms with Gasteiger partial charge in [0.05, 0.1) is 0 Å². The minimum atomic E-state index is -0.499. The second-order valence-corrected chi connectivity index (χ2v) is 5.62. The second kappa shape index (κ2) is 6.61. The zero-order valence-electron chi connectivity index (χ0n) is 11.6. The zero-order chi connectivity index (χ0) is 13.6. The van der Waals surface area contributed by atoms with Crippen molar-refractivity contribution in [3.63, 3.8) is 0 Å². The van der Waals surface area contributed by atoms with Gasteiger partial charge in [-0.2, -0.15) is 0 Å². The fourth-order valence-corrected chi connectivity index (χ4v) is 1.89. The molecule has 2 amide bonds. The van der Waals surface area contributed by atoms with Crippen molar-refractivity contribution in [2.75, 3.05) is 19.6 Å². The first-order valence-corrected chi connectivity index (χ1v) is 6.63. The van der Waals surface area contributed by atoms with Gasteiger partial charge in [0, 0.05) is 26.1 Å². The van der Waals surface area contributed by atoms with Gasteiger partial charge in [-0.3, -0.25) is 4.79 Å². The number of hydrogen-bond acceptors (Lipinski definition) is 3. The maximum absolute atomic E-state index is 11.8. The van der Waals surface area contributed by atoms with Crippen LogP contribution in [0.4, 0.5) is 4.79 Å². The first-order valence-electron chi connectivity index (χ1n) is 6.63. The van der Waals surface area contributed by atoms with Crippen LogP contribution in [0.5, 0.6) is 0 Å². The van der Waals surface area contributed by atoms with Gasteiger partial charge in [-0.05, 0) is 40.0 Å². The van der Waals surface area contributed by atoms with E-state index in [9.17, 15) is 9.59 Å². The molecule has 0 unspecified atom stereocenters. The van der Waals surface area contributed by atoms with E-state index >= 15 is 0 Å². The van der Waals surface area contributed by atoms with Crippen molar-refractivity contribution in [3.8, 4) is 0 Å². The minimum absolute atomic E-state index is 0.116. The molecule has 1 N–H and O–H groups in total. The monoisotopic (exact) mass is 256 g/mol. The largest absolute Gasteiger partial charge is 0.444 e. The summed E-state index contributed by atoms with van der Waals surface area (Å²) in [7, 11) is 0. The van der Waals surface area contributed by atoms with Crippen LogP contribution >= 0.6 is 0 Å². The summed E-state index contributed by atoms with van der Waals surface area (Å²) in [5.74, 6) is 0.116. The highest BCUT2D eigenvalue weighted by molar-refractivity contribution is 5.77. The molecule has 5 heteroatoms. The number of ether oxygens (including phenoxy) is 1. The Bertz CT molecular complexity index is 291. The lowest BCUT2D eigenvalue weighted by atomic mass is 10.1. The second-order valence-electron chi connectivity index (χ2n) is 5.62. The average Bonchev–Trinajstić information content (AvgIpc) is 2.27. The average molecular weight is 256 g/mol. The van der Waals surface area contributed by atoms with E-state index in [4.69, 9.17) is 4.74 Å². The van der Waals surface area contributed by atoms with E-state index in [1.165, 1.54) is 6.42 Å². The topological polar surface area (TPSA) is 58.6 Å². The van der Waals surface area contributed by atoms with Crippen molar-refractivity contribution in [2.45, 2.75) is 52.1 Å². The Morgan fingerprint density at radius 3 is 2.33 bits per heavy atom. The molecule has 104 valence electrons. The van der Waals surface area contributed by atoms with E-state index in [0.717, 1.165) is 25.9 Å². The molecular formula is C13H24N2O3. The third kappa shape index (κ3) is 5.89. The van der Waals surface area contributed by atoms with Gasteiger partial charge in [-0.1, -0.05) is 0 Å². The number of carbonyl (C=O) groups is 2. The molecule has 1 fully saturated rings. The number of nitrogens with zero attached hydrogens (tertiary/aromatic N) is 1. The summed E-state index contributed by atoms with van der Waals surface area (Å²) < 4.78 is 5.09. The van der Waals surface area contributed by atoms with E-state index in [2.05, 4.69) is 5.32 Å². The van der Waals surface area contributed by atoms with Crippen molar-refractivity contribution < 1.29 is 14.3 Å². The predicted octanol–water partition coefficient (Wildman–Crippen LogP) is 1.91. The van der Waals surface area contributed by atoms with Gasteiger partial charge in [0.2, 0.25) is 5.91 Å². The summed E-state index contributed by atoms with van der Waals surface area (Å²) in [6.45, 7) is 7.48. The molecule has 1 rings (SSSR count). The van der Waals surface area contributed by atoms with Gasteiger partial charge in [0.15, 0.2) is 0 Å². The summed E-state index contributed by atoms with van der Waals surface area (Å²) in [6.07, 6.45) is 3.27. The van der Waals surface area contributed by atoms with Gasteiger partial charge < -0.3 is 15.0 Å². The van der Waals surface area contributed by atoms with Crippen molar-refractivity contribution in [1.82, 2.24) is 10.2 Å². The highest BCUT2D eigenvalue weighted by atomic mass is 16.6. The summed E-state index contributed by atoms with van der Waals surface area (Å²) >= 11 is 0. The molecule has 0 bridgehead atoms. The first kappa shape index (κ1) is 14.8. The molecule has 1 heterocycles. The fourth-order valence-electron chi connectivity index (χ4n) is 1.89. The molecular weight excluding hydrogens is 232 g/mol. The summed E-state index contributed by atoms with van der Waals surface area (Å²) in [4.78, 5) is 25.0. The Labute approximate surface area is 109 Å². The van der Waals surface area contributed by atoms with Crippen molar-refractivity contribution in [3.05, 3.63) is 0 Å². The lowest BCUT2D eigenvalue weighted by molar-refractivity contribution is -0.131. The van der Waals surface area contributed by atoms with Crippen LogP contribution in [-0.4, -0.2) is 42.1 Å². The number of likely N-dealkylation sites (tertiary alicyclic amines) is 1. The smallest absolute Gasteiger partial charge is 0.407 e. The standard InChI is InChI=1S/C13H24N2O3/c1-13(2,3)18-12(17)14-8-7-11(16)15-9-5-4-6-10-15/h4-10H2,1-3H3,(H,14,17). The number of amides is 2. The number of rotatable bonds is 3. The molecule has 0 aromatic rings. The Morgan fingerprint density at radius 2 is 1.78 bits per heavy atom. The Kier molecular flexibility index (Phi) is 5.44. The molecule has 0 radical (unpaired) electrons. The molecule has 0 atom stereocenters. The third-order valence-electron chi connectivity index (χ3n) is 2.72. The van der Waals surface area contributed by atoms with Crippen molar-refractivity contribution in [2.24, 2.45) is 0 Å². The number of carbonyl (C=O) groups excluding carboxylic acids is 2. The summed E-state index contributed by atoms with van der Waals surface area (Å²) in [6, 6.07) is 0. The number of nitrogens with one attached hydrogen (secondary N) is 1. The van der Waals surface area contributed by atoms with Gasteiger partial charge in [0.1, 0.15) is 5.60 Å². The van der Waals surface area contributed by atoms with Gasteiger partial charge >= 0.3 is 6.09 Å². The van der Waals surface area contributed by atoms with E-state index < -0.39 is 11.7 Å². The minimum Gasteiger partial charge on any atom is -0.444 e. The Morgan fingerprint density at radius 1 is 1.17 bits per heavy atom. The molecule has 1 aliphatic heterocycles. The lowest BCUT2D eigenvalue weighted by Crippen LogP contribution is -2.38. The Balaban J connectivity index is 2.17. The highest BCUT2D eigenvalue weighted by Gasteiger charge is 2.18. The summed E-state index contributed by atoms with van der Waals surface area (Å²) in [5.41, 5.74) is -0.499. The van der Waals surface area contributed by atoms with Crippen LogP contribution in [0.25, 0.3) is 0 Å². The molecule has 0 aromatic heterocycles. The van der Waals surface area contributed by atoms with Crippen LogP contribution in [0.1, 0.15) is 46.5 Å². The lowest BCUT2D eigenvalue weighted by Gasteiger charge is -2.26. The third-order valence-corrected chi connectivity index (χ3v) is 2.72. The molecule has 0 aromatic carbocycles. The van der Waals surface area contributed by atoms with E-state index in [-0.39, 0.29) is 5.91 Å². The number of hydrogen-bond donors (Lipinski definition) is 1. The van der Waals surface area contributed by atoms with Crippen LogP contribution < -0.4 is 5.32 Å². The maximum atomic E-state index is 11.8. The van der Waals surface area contributed by atoms with Crippen LogP contribution in [-0.2, 0) is 9.53 Å². The zero-order valence-corrected chi connectivity index (χ0v) is 11.6. The first-order chi connectivity index (χ1) is 8.38. The molecule has 5 nitrogen and oxygen atoms in total. The molecule has 18 heavy (non-hydrogen) atoms. The number of piperidine rings is 1. The van der Waals surface area contributed by atoms with E-state index in [0.29, 0.717) is 13.0 Å². The normalized spacial score (nSPS) is 16.3. The van der Waals surface area contributed by atoms with Crippen molar-refractivity contribution >= 4 is 12.0 Å². The molecule has 0 aliphatic carbocycles. The van der Waals surface area contributed by atoms with Gasteiger partial charge in [-0.15, -0.1) is 0 Å². The van der Waals surface area contributed by atoms with Crippen LogP contribution in [0.2, 0.25) is 0 Å². The molecule has 1 saturated heterocycles. The summed E-state index contributed by atoms with van der Waals surface area (Å²) in [5, 5.41) is 2.60. The van der Waals surface area contributed by atoms with Gasteiger partial charge in [-0.25, -0.2) is 4.79 Å². The van der Waals surface area contributed by atoms with Crippen LogP contribution in [0.15, 0.2) is 0 Å². The SMILES string of the molecule is CC(C)(C)OC(=O)NCCC(=O)N1CCCCC1. The van der Waals surface area contributed by atoms with E-state index in [1.54, 1.807) is 0 Å². The predicted molar refractivity (Wildman–Crippen MR) is 69.3 cm³/mol. The molecule has 0 saturated carbocycles. The van der Waals surface area contributed by atoms with E-state index in [1.807, 2.05) is 25.7 Å². The molecule has 1 aliphatic rings. The molecule has 0 spiro atoms. The number of alkyl carbamates (subject to hydrolysis) is 1. The van der Waals surface area contributed by atoms with Crippen LogP contribution in [0.3, 0.4) is 0 Å². The quantitative estimate of drug-likeness (QED) is 0.839. The Hall–Kier alpha value is -1.26. The van der Waals surface area contributed by atoms with Gasteiger partial charge in [0.25, 0.3) is 0 Å². The highest BCUT2D eigenvalue weighted by Crippen LogP contribution is 2.10. The fraction of sp³-hybridized carbons (Fsp3) is 0.846. The van der Waals surface area contributed by atoms with Crippen molar-refractivity contribution in [1.29, 1.82) is 0 Å². The maximum Gasteiger partial charge on any atom is 0.407 e. The van der Waals surface area contributed by atoms with Crippen LogP contribution in [0, 0.1) is 0 Å².